The molecule has 0 bridgehead atoms. The average Bonchev–Trinajstić information content (AvgIpc) is 2.97. The largest absolute Gasteiger partial charge is 0.492 e. The number of ether oxygens (including phenoxy) is 1. The first-order chi connectivity index (χ1) is 10.1. The van der Waals surface area contributed by atoms with Crippen molar-refractivity contribution < 1.29 is 14.1 Å². The molecule has 0 amide bonds. The van der Waals surface area contributed by atoms with E-state index in [0.717, 1.165) is 12.2 Å². The van der Waals surface area contributed by atoms with E-state index in [1.165, 1.54) is 12.1 Å². The summed E-state index contributed by atoms with van der Waals surface area (Å²) in [6.07, 6.45) is 2.49. The zero-order chi connectivity index (χ0) is 15.1. The minimum Gasteiger partial charge on any atom is -0.492 e. The number of rotatable bonds is 8. The SMILES string of the molecule is CC(Cc1ccco1)NCCOc1ccc([N+](=O)[O-])cc1. The molecular weight excluding hydrogens is 272 g/mol. The smallest absolute Gasteiger partial charge is 0.269 e. The summed E-state index contributed by atoms with van der Waals surface area (Å²) in [7, 11) is 0. The Morgan fingerprint density at radius 2 is 2.10 bits per heavy atom. The van der Waals surface area contributed by atoms with E-state index in [-0.39, 0.29) is 11.7 Å². The highest BCUT2D eigenvalue weighted by Gasteiger charge is 2.06. The normalized spacial score (nSPS) is 12.0. The van der Waals surface area contributed by atoms with Crippen molar-refractivity contribution in [2.75, 3.05) is 13.2 Å². The van der Waals surface area contributed by atoms with Crippen molar-refractivity contribution in [2.24, 2.45) is 0 Å². The lowest BCUT2D eigenvalue weighted by atomic mass is 10.2. The molecule has 1 heterocycles. The van der Waals surface area contributed by atoms with Gasteiger partial charge in [0.15, 0.2) is 0 Å². The molecule has 2 rings (SSSR count). The molecule has 1 aromatic carbocycles. The van der Waals surface area contributed by atoms with Gasteiger partial charge in [-0.05, 0) is 31.2 Å². The van der Waals surface area contributed by atoms with Crippen LogP contribution < -0.4 is 10.1 Å². The van der Waals surface area contributed by atoms with E-state index in [1.807, 2.05) is 12.1 Å². The average molecular weight is 290 g/mol. The molecule has 1 aromatic heterocycles. The number of hydrogen-bond donors (Lipinski definition) is 1. The molecule has 0 aliphatic rings. The number of nitro groups is 1. The summed E-state index contributed by atoms with van der Waals surface area (Å²) in [5, 5.41) is 13.9. The van der Waals surface area contributed by atoms with Crippen LogP contribution in [0.1, 0.15) is 12.7 Å². The maximum atomic E-state index is 10.5. The fourth-order valence-corrected chi connectivity index (χ4v) is 1.94. The molecule has 1 unspecified atom stereocenters. The van der Waals surface area contributed by atoms with E-state index in [0.29, 0.717) is 18.9 Å². The third-order valence-corrected chi connectivity index (χ3v) is 3.00. The molecule has 1 atom stereocenters. The number of hydrogen-bond acceptors (Lipinski definition) is 5. The second kappa shape index (κ2) is 7.44. The monoisotopic (exact) mass is 290 g/mol. The molecule has 0 saturated carbocycles. The molecule has 6 heteroatoms. The Kier molecular flexibility index (Phi) is 5.34. The van der Waals surface area contributed by atoms with Gasteiger partial charge in [0.05, 0.1) is 11.2 Å². The van der Waals surface area contributed by atoms with E-state index < -0.39 is 4.92 Å². The highest BCUT2D eigenvalue weighted by molar-refractivity contribution is 5.35. The van der Waals surface area contributed by atoms with E-state index in [4.69, 9.17) is 9.15 Å². The molecule has 1 N–H and O–H groups in total. The number of nitrogens with one attached hydrogen (secondary N) is 1. The van der Waals surface area contributed by atoms with Crippen molar-refractivity contribution in [1.29, 1.82) is 0 Å². The van der Waals surface area contributed by atoms with Gasteiger partial charge in [0.1, 0.15) is 18.1 Å². The van der Waals surface area contributed by atoms with E-state index in [9.17, 15) is 10.1 Å². The van der Waals surface area contributed by atoms with Crippen molar-refractivity contribution in [3.8, 4) is 5.75 Å². The summed E-state index contributed by atoms with van der Waals surface area (Å²) >= 11 is 0. The van der Waals surface area contributed by atoms with Crippen LogP contribution in [0.15, 0.2) is 47.1 Å². The van der Waals surface area contributed by atoms with Crippen molar-refractivity contribution in [3.63, 3.8) is 0 Å². The number of nitrogens with zero attached hydrogens (tertiary/aromatic N) is 1. The van der Waals surface area contributed by atoms with Gasteiger partial charge in [-0.2, -0.15) is 0 Å². The molecule has 0 spiro atoms. The number of furan rings is 1. The van der Waals surface area contributed by atoms with E-state index >= 15 is 0 Å². The Bertz CT molecular complexity index is 552. The van der Waals surface area contributed by atoms with Crippen LogP contribution in [0.3, 0.4) is 0 Å². The topological polar surface area (TPSA) is 77.5 Å². The van der Waals surface area contributed by atoms with Gasteiger partial charge in [-0.1, -0.05) is 0 Å². The minimum atomic E-state index is -0.429. The van der Waals surface area contributed by atoms with Crippen LogP contribution in [0.25, 0.3) is 0 Å². The van der Waals surface area contributed by atoms with Crippen molar-refractivity contribution in [3.05, 3.63) is 58.5 Å². The summed E-state index contributed by atoms with van der Waals surface area (Å²) in [5.74, 6) is 1.58. The lowest BCUT2D eigenvalue weighted by Gasteiger charge is -2.13. The van der Waals surface area contributed by atoms with Gasteiger partial charge in [0, 0.05) is 31.1 Å². The van der Waals surface area contributed by atoms with Gasteiger partial charge < -0.3 is 14.5 Å². The van der Waals surface area contributed by atoms with Gasteiger partial charge in [-0.15, -0.1) is 0 Å². The Labute approximate surface area is 122 Å². The first-order valence-corrected chi connectivity index (χ1v) is 6.78. The fourth-order valence-electron chi connectivity index (χ4n) is 1.94. The summed E-state index contributed by atoms with van der Waals surface area (Å²) < 4.78 is 10.8. The maximum Gasteiger partial charge on any atom is 0.269 e. The van der Waals surface area contributed by atoms with Crippen molar-refractivity contribution >= 4 is 5.69 Å². The van der Waals surface area contributed by atoms with Crippen LogP contribution in [0.2, 0.25) is 0 Å². The molecule has 0 aliphatic heterocycles. The van der Waals surface area contributed by atoms with Gasteiger partial charge in [0.2, 0.25) is 0 Å². The molecular formula is C15H18N2O4. The molecule has 0 fully saturated rings. The first kappa shape index (κ1) is 15.1. The molecule has 6 nitrogen and oxygen atoms in total. The molecule has 2 aromatic rings. The lowest BCUT2D eigenvalue weighted by Crippen LogP contribution is -2.31. The summed E-state index contributed by atoms with van der Waals surface area (Å²) in [6, 6.07) is 10.2. The quantitative estimate of drug-likeness (QED) is 0.459. The van der Waals surface area contributed by atoms with Crippen LogP contribution in [0, 0.1) is 10.1 Å². The third kappa shape index (κ3) is 4.92. The van der Waals surface area contributed by atoms with Crippen LogP contribution >= 0.6 is 0 Å². The highest BCUT2D eigenvalue weighted by Crippen LogP contribution is 2.16. The molecule has 0 aliphatic carbocycles. The van der Waals surface area contributed by atoms with Gasteiger partial charge in [-0.3, -0.25) is 10.1 Å². The zero-order valence-electron chi connectivity index (χ0n) is 11.8. The maximum absolute atomic E-state index is 10.5. The van der Waals surface area contributed by atoms with E-state index in [1.54, 1.807) is 18.4 Å². The number of non-ortho nitro benzene ring substituents is 1. The zero-order valence-corrected chi connectivity index (χ0v) is 11.8. The van der Waals surface area contributed by atoms with Crippen LogP contribution in [-0.2, 0) is 6.42 Å². The number of nitro benzene ring substituents is 1. The van der Waals surface area contributed by atoms with Crippen LogP contribution in [0.5, 0.6) is 5.75 Å². The Morgan fingerprint density at radius 3 is 2.71 bits per heavy atom. The Hall–Kier alpha value is -2.34. The second-order valence-corrected chi connectivity index (χ2v) is 4.74. The van der Waals surface area contributed by atoms with Crippen molar-refractivity contribution in [2.45, 2.75) is 19.4 Å². The summed E-state index contributed by atoms with van der Waals surface area (Å²) in [6.45, 7) is 3.27. The highest BCUT2D eigenvalue weighted by atomic mass is 16.6. The Morgan fingerprint density at radius 1 is 1.33 bits per heavy atom. The fraction of sp³-hybridized carbons (Fsp3) is 0.333. The summed E-state index contributed by atoms with van der Waals surface area (Å²) in [5.41, 5.74) is 0.0625. The third-order valence-electron chi connectivity index (χ3n) is 3.00. The Balaban J connectivity index is 1.66. The molecule has 21 heavy (non-hydrogen) atoms. The van der Waals surface area contributed by atoms with Gasteiger partial charge in [-0.25, -0.2) is 0 Å². The van der Waals surface area contributed by atoms with Gasteiger partial charge in [0.25, 0.3) is 5.69 Å². The molecule has 0 radical (unpaired) electrons. The van der Waals surface area contributed by atoms with Gasteiger partial charge >= 0.3 is 0 Å². The minimum absolute atomic E-state index is 0.0625. The van der Waals surface area contributed by atoms with Crippen molar-refractivity contribution in [1.82, 2.24) is 5.32 Å². The van der Waals surface area contributed by atoms with Crippen LogP contribution in [-0.4, -0.2) is 24.1 Å². The second-order valence-electron chi connectivity index (χ2n) is 4.74. The predicted octanol–water partition coefficient (Wildman–Crippen LogP) is 2.79. The first-order valence-electron chi connectivity index (χ1n) is 6.78. The molecule has 112 valence electrons. The van der Waals surface area contributed by atoms with E-state index in [2.05, 4.69) is 12.2 Å². The number of benzene rings is 1. The summed E-state index contributed by atoms with van der Waals surface area (Å²) in [4.78, 5) is 10.1. The standard InChI is InChI=1S/C15H18N2O4/c1-12(11-15-3-2-9-20-15)16-8-10-21-14-6-4-13(5-7-14)17(18)19/h2-7,9,12,16H,8,10-11H2,1H3. The lowest BCUT2D eigenvalue weighted by molar-refractivity contribution is -0.384. The predicted molar refractivity (Wildman–Crippen MR) is 78.5 cm³/mol. The molecule has 0 saturated heterocycles. The van der Waals surface area contributed by atoms with Crippen LogP contribution in [0.4, 0.5) is 5.69 Å².